The zero-order chi connectivity index (χ0) is 13.1. The Morgan fingerprint density at radius 3 is 2.56 bits per heavy atom. The molecule has 18 heavy (non-hydrogen) atoms. The van der Waals surface area contributed by atoms with Crippen molar-refractivity contribution in [3.63, 3.8) is 0 Å². The van der Waals surface area contributed by atoms with E-state index in [-0.39, 0.29) is 0 Å². The number of aliphatic carboxylic acids is 1. The van der Waals surface area contributed by atoms with Gasteiger partial charge in [-0.15, -0.1) is 0 Å². The molecule has 1 aromatic heterocycles. The van der Waals surface area contributed by atoms with Crippen molar-refractivity contribution in [3.05, 3.63) is 47.8 Å². The number of carbonyl (C=O) groups is 1. The standard InChI is InChI=1S/C13H15N3O2/c1-9-6-7-15-16(9)11-4-2-10(3-5-11)8-12(14)13(17)18/h2-7,12H,8,14H2,1H3,(H,17,18). The third kappa shape index (κ3) is 2.57. The van der Waals surface area contributed by atoms with Crippen molar-refractivity contribution < 1.29 is 9.90 Å². The molecule has 3 N–H and O–H groups in total. The van der Waals surface area contributed by atoms with Crippen LogP contribution in [0, 0.1) is 6.92 Å². The number of aryl methyl sites for hydroxylation is 1. The van der Waals surface area contributed by atoms with E-state index in [0.29, 0.717) is 6.42 Å². The summed E-state index contributed by atoms with van der Waals surface area (Å²) in [5.74, 6) is -0.984. The molecule has 1 aromatic carbocycles. The molecule has 5 heteroatoms. The van der Waals surface area contributed by atoms with Crippen LogP contribution in [0.3, 0.4) is 0 Å². The fourth-order valence-electron chi connectivity index (χ4n) is 1.75. The predicted molar refractivity (Wildman–Crippen MR) is 67.6 cm³/mol. The number of nitrogens with zero attached hydrogens (tertiary/aromatic N) is 2. The maximum Gasteiger partial charge on any atom is 0.320 e. The van der Waals surface area contributed by atoms with Gasteiger partial charge in [-0.3, -0.25) is 4.79 Å². The molecule has 94 valence electrons. The maximum atomic E-state index is 10.7. The number of rotatable bonds is 4. The Morgan fingerprint density at radius 1 is 1.39 bits per heavy atom. The van der Waals surface area contributed by atoms with Gasteiger partial charge in [0, 0.05) is 11.9 Å². The Morgan fingerprint density at radius 2 is 2.06 bits per heavy atom. The number of benzene rings is 1. The molecule has 1 heterocycles. The van der Waals surface area contributed by atoms with Gasteiger partial charge in [0.2, 0.25) is 0 Å². The molecule has 0 amide bonds. The van der Waals surface area contributed by atoms with Gasteiger partial charge in [0.1, 0.15) is 6.04 Å². The van der Waals surface area contributed by atoms with Crippen LogP contribution in [-0.4, -0.2) is 26.9 Å². The molecule has 0 aliphatic heterocycles. The molecule has 5 nitrogen and oxygen atoms in total. The van der Waals surface area contributed by atoms with Crippen LogP contribution >= 0.6 is 0 Å². The summed E-state index contributed by atoms with van der Waals surface area (Å²) in [6.07, 6.45) is 2.07. The number of nitrogens with two attached hydrogens (primary N) is 1. The average Bonchev–Trinajstić information content (AvgIpc) is 2.76. The quantitative estimate of drug-likeness (QED) is 0.846. The number of carboxylic acid groups (broad SMARTS) is 1. The lowest BCUT2D eigenvalue weighted by atomic mass is 10.1. The average molecular weight is 245 g/mol. The highest BCUT2D eigenvalue weighted by atomic mass is 16.4. The molecular formula is C13H15N3O2. The normalized spacial score (nSPS) is 12.3. The van der Waals surface area contributed by atoms with Crippen LogP contribution in [0.4, 0.5) is 0 Å². The van der Waals surface area contributed by atoms with Crippen LogP contribution in [-0.2, 0) is 11.2 Å². The summed E-state index contributed by atoms with van der Waals surface area (Å²) in [5.41, 5.74) is 8.39. The van der Waals surface area contributed by atoms with Crippen LogP contribution in [0.2, 0.25) is 0 Å². The number of aromatic nitrogens is 2. The molecule has 0 saturated carbocycles. The Bertz CT molecular complexity index is 546. The minimum Gasteiger partial charge on any atom is -0.480 e. The van der Waals surface area contributed by atoms with Gasteiger partial charge in [-0.1, -0.05) is 12.1 Å². The van der Waals surface area contributed by atoms with Crippen molar-refractivity contribution >= 4 is 5.97 Å². The van der Waals surface area contributed by atoms with E-state index in [1.54, 1.807) is 6.20 Å². The van der Waals surface area contributed by atoms with E-state index in [4.69, 9.17) is 10.8 Å². The van der Waals surface area contributed by atoms with E-state index in [1.165, 1.54) is 0 Å². The first kappa shape index (κ1) is 12.3. The summed E-state index contributed by atoms with van der Waals surface area (Å²) in [5, 5.41) is 12.9. The number of carboxylic acids is 1. The van der Waals surface area contributed by atoms with Crippen molar-refractivity contribution in [1.82, 2.24) is 9.78 Å². The maximum absolute atomic E-state index is 10.7. The minimum atomic E-state index is -0.984. The molecule has 1 atom stereocenters. The van der Waals surface area contributed by atoms with Gasteiger partial charge in [-0.05, 0) is 37.1 Å². The van der Waals surface area contributed by atoms with Crippen molar-refractivity contribution in [2.45, 2.75) is 19.4 Å². The lowest BCUT2D eigenvalue weighted by Crippen LogP contribution is -2.32. The first-order chi connectivity index (χ1) is 8.58. The minimum absolute atomic E-state index is 0.327. The van der Waals surface area contributed by atoms with Crippen LogP contribution in [0.1, 0.15) is 11.3 Å². The van der Waals surface area contributed by atoms with Gasteiger partial charge < -0.3 is 10.8 Å². The smallest absolute Gasteiger partial charge is 0.320 e. The lowest BCUT2D eigenvalue weighted by molar-refractivity contribution is -0.138. The second-order valence-electron chi connectivity index (χ2n) is 4.20. The second-order valence-corrected chi connectivity index (χ2v) is 4.20. The summed E-state index contributed by atoms with van der Waals surface area (Å²) >= 11 is 0. The first-order valence-electron chi connectivity index (χ1n) is 5.66. The Kier molecular flexibility index (Phi) is 3.43. The predicted octanol–water partition coefficient (Wildman–Crippen LogP) is 1.14. The van der Waals surface area contributed by atoms with Crippen LogP contribution in [0.5, 0.6) is 0 Å². The van der Waals surface area contributed by atoms with Crippen molar-refractivity contribution in [2.75, 3.05) is 0 Å². The monoisotopic (exact) mass is 245 g/mol. The highest BCUT2D eigenvalue weighted by molar-refractivity contribution is 5.73. The van der Waals surface area contributed by atoms with E-state index < -0.39 is 12.0 Å². The Balaban J connectivity index is 2.16. The summed E-state index contributed by atoms with van der Waals surface area (Å²) in [7, 11) is 0. The van der Waals surface area contributed by atoms with E-state index in [9.17, 15) is 4.79 Å². The van der Waals surface area contributed by atoms with Crippen molar-refractivity contribution in [3.8, 4) is 5.69 Å². The van der Waals surface area contributed by atoms with E-state index in [0.717, 1.165) is 16.9 Å². The van der Waals surface area contributed by atoms with E-state index in [2.05, 4.69) is 5.10 Å². The van der Waals surface area contributed by atoms with Crippen LogP contribution in [0.15, 0.2) is 36.5 Å². The van der Waals surface area contributed by atoms with E-state index >= 15 is 0 Å². The third-order valence-electron chi connectivity index (χ3n) is 2.79. The molecule has 0 bridgehead atoms. The molecule has 0 saturated heterocycles. The fraction of sp³-hybridized carbons (Fsp3) is 0.231. The summed E-state index contributed by atoms with van der Waals surface area (Å²) in [6, 6.07) is 8.63. The molecule has 0 spiro atoms. The molecular weight excluding hydrogens is 230 g/mol. The van der Waals surface area contributed by atoms with Crippen molar-refractivity contribution in [1.29, 1.82) is 0 Å². The summed E-state index contributed by atoms with van der Waals surface area (Å²) < 4.78 is 1.82. The van der Waals surface area contributed by atoms with Crippen LogP contribution < -0.4 is 5.73 Å². The van der Waals surface area contributed by atoms with Gasteiger partial charge in [0.25, 0.3) is 0 Å². The van der Waals surface area contributed by atoms with Gasteiger partial charge >= 0.3 is 5.97 Å². The first-order valence-corrected chi connectivity index (χ1v) is 5.66. The van der Waals surface area contributed by atoms with E-state index in [1.807, 2.05) is 41.9 Å². The van der Waals surface area contributed by atoms with Gasteiger partial charge in [0.15, 0.2) is 0 Å². The largest absolute Gasteiger partial charge is 0.480 e. The highest BCUT2D eigenvalue weighted by Crippen LogP contribution is 2.12. The van der Waals surface area contributed by atoms with Crippen LogP contribution in [0.25, 0.3) is 5.69 Å². The molecule has 0 aliphatic rings. The Labute approximate surface area is 105 Å². The number of hydrogen-bond donors (Lipinski definition) is 2. The summed E-state index contributed by atoms with van der Waals surface area (Å²) in [6.45, 7) is 1.97. The van der Waals surface area contributed by atoms with Crippen molar-refractivity contribution in [2.24, 2.45) is 5.73 Å². The topological polar surface area (TPSA) is 81.1 Å². The van der Waals surface area contributed by atoms with Gasteiger partial charge in [0.05, 0.1) is 5.69 Å². The van der Waals surface area contributed by atoms with Gasteiger partial charge in [-0.2, -0.15) is 5.10 Å². The fourth-order valence-corrected chi connectivity index (χ4v) is 1.75. The molecule has 1 unspecified atom stereocenters. The Hall–Kier alpha value is -2.14. The zero-order valence-electron chi connectivity index (χ0n) is 10.1. The summed E-state index contributed by atoms with van der Waals surface area (Å²) in [4.78, 5) is 10.7. The molecule has 2 rings (SSSR count). The molecule has 2 aromatic rings. The lowest BCUT2D eigenvalue weighted by Gasteiger charge is -2.08. The van der Waals surface area contributed by atoms with Gasteiger partial charge in [-0.25, -0.2) is 4.68 Å². The molecule has 0 aliphatic carbocycles. The third-order valence-corrected chi connectivity index (χ3v) is 2.79. The second kappa shape index (κ2) is 5.01. The zero-order valence-corrected chi connectivity index (χ0v) is 10.1. The SMILES string of the molecule is Cc1ccnn1-c1ccc(CC(N)C(=O)O)cc1. The number of hydrogen-bond acceptors (Lipinski definition) is 3. The highest BCUT2D eigenvalue weighted by Gasteiger charge is 2.12. The molecule has 0 fully saturated rings. The molecule has 0 radical (unpaired) electrons.